The first-order valence-electron chi connectivity index (χ1n) is 6.90. The van der Waals surface area contributed by atoms with Crippen molar-refractivity contribution in [3.8, 4) is 6.07 Å². The van der Waals surface area contributed by atoms with Gasteiger partial charge in [0.1, 0.15) is 5.82 Å². The number of hydrogen-bond donors (Lipinski definition) is 0. The van der Waals surface area contributed by atoms with Gasteiger partial charge in [0.25, 0.3) is 0 Å². The van der Waals surface area contributed by atoms with Gasteiger partial charge in [-0.15, -0.1) is 0 Å². The number of rotatable bonds is 3. The Bertz CT molecular complexity index is 442. The molecule has 0 N–H and O–H groups in total. The summed E-state index contributed by atoms with van der Waals surface area (Å²) in [5.74, 6) is 0.973. The third kappa shape index (κ3) is 2.81. The van der Waals surface area contributed by atoms with Crippen LogP contribution < -0.4 is 4.90 Å². The maximum absolute atomic E-state index is 9.06. The fraction of sp³-hybridized carbons (Fsp3) is 0.600. The molecule has 1 saturated carbocycles. The van der Waals surface area contributed by atoms with Crippen molar-refractivity contribution in [3.63, 3.8) is 0 Å². The van der Waals surface area contributed by atoms with E-state index in [4.69, 9.17) is 5.26 Å². The molecule has 0 spiro atoms. The van der Waals surface area contributed by atoms with Gasteiger partial charge in [0.05, 0.1) is 11.6 Å². The summed E-state index contributed by atoms with van der Waals surface area (Å²) in [4.78, 5) is 6.97. The van der Waals surface area contributed by atoms with Gasteiger partial charge in [0.2, 0.25) is 0 Å². The number of pyridine rings is 1. The molecule has 0 amide bonds. The van der Waals surface area contributed by atoms with E-state index in [2.05, 4.69) is 22.9 Å². The van der Waals surface area contributed by atoms with Crippen LogP contribution in [0.25, 0.3) is 0 Å². The molecule has 0 aromatic carbocycles. The van der Waals surface area contributed by atoms with E-state index in [0.717, 1.165) is 18.1 Å². The quantitative estimate of drug-likeness (QED) is 0.816. The highest BCUT2D eigenvalue weighted by Gasteiger charge is 2.21. The molecule has 0 aliphatic heterocycles. The molecule has 0 radical (unpaired) electrons. The van der Waals surface area contributed by atoms with Crippen molar-refractivity contribution in [2.75, 3.05) is 11.4 Å². The predicted octanol–water partition coefficient (Wildman–Crippen LogP) is 3.42. The molecule has 1 aliphatic carbocycles. The highest BCUT2D eigenvalue weighted by molar-refractivity contribution is 5.47. The van der Waals surface area contributed by atoms with E-state index in [-0.39, 0.29) is 0 Å². The highest BCUT2D eigenvalue weighted by atomic mass is 15.2. The van der Waals surface area contributed by atoms with Gasteiger partial charge in [0, 0.05) is 18.3 Å². The molecule has 1 heterocycles. The molecular weight excluding hydrogens is 222 g/mol. The van der Waals surface area contributed by atoms with E-state index in [1.54, 1.807) is 0 Å². The number of nitriles is 1. The van der Waals surface area contributed by atoms with Crippen LogP contribution in [0.15, 0.2) is 12.1 Å². The summed E-state index contributed by atoms with van der Waals surface area (Å²) in [6.07, 6.45) is 6.51. The fourth-order valence-corrected chi connectivity index (χ4v) is 2.86. The summed E-state index contributed by atoms with van der Waals surface area (Å²) in [6, 6.07) is 6.59. The Morgan fingerprint density at radius 2 is 2.06 bits per heavy atom. The van der Waals surface area contributed by atoms with Gasteiger partial charge in [-0.25, -0.2) is 4.98 Å². The Labute approximate surface area is 109 Å². The van der Waals surface area contributed by atoms with E-state index >= 15 is 0 Å². The largest absolute Gasteiger partial charge is 0.354 e. The molecule has 1 aromatic heterocycles. The maximum Gasteiger partial charge on any atom is 0.130 e. The van der Waals surface area contributed by atoms with Gasteiger partial charge in [-0.05, 0) is 38.8 Å². The average molecular weight is 243 g/mol. The summed E-state index contributed by atoms with van der Waals surface area (Å²) in [5.41, 5.74) is 1.64. The van der Waals surface area contributed by atoms with E-state index in [0.29, 0.717) is 11.6 Å². The third-order valence-electron chi connectivity index (χ3n) is 3.72. The van der Waals surface area contributed by atoms with Crippen molar-refractivity contribution in [3.05, 3.63) is 23.4 Å². The smallest absolute Gasteiger partial charge is 0.130 e. The van der Waals surface area contributed by atoms with Gasteiger partial charge >= 0.3 is 0 Å². The molecule has 0 atom stereocenters. The van der Waals surface area contributed by atoms with Crippen LogP contribution in [0.3, 0.4) is 0 Å². The van der Waals surface area contributed by atoms with Crippen LogP contribution in [0.2, 0.25) is 0 Å². The Kier molecular flexibility index (Phi) is 4.19. The second-order valence-corrected chi connectivity index (χ2v) is 5.05. The Morgan fingerprint density at radius 3 is 2.67 bits per heavy atom. The standard InChI is InChI=1S/C15H21N3/c1-3-18(14-7-5-4-6-8-14)15-10-13(11-16)9-12(2)17-15/h9-10,14H,3-8H2,1-2H3. The second kappa shape index (κ2) is 5.86. The van der Waals surface area contributed by atoms with Crippen LogP contribution in [0, 0.1) is 18.3 Å². The summed E-state index contributed by atoms with van der Waals surface area (Å²) < 4.78 is 0. The molecule has 3 heteroatoms. The first-order valence-corrected chi connectivity index (χ1v) is 6.90. The molecule has 1 aliphatic rings. The van der Waals surface area contributed by atoms with Crippen molar-refractivity contribution in [2.24, 2.45) is 0 Å². The topological polar surface area (TPSA) is 39.9 Å². The van der Waals surface area contributed by atoms with Crippen LogP contribution in [-0.2, 0) is 0 Å². The summed E-state index contributed by atoms with van der Waals surface area (Å²) in [7, 11) is 0. The van der Waals surface area contributed by atoms with Crippen LogP contribution in [0.4, 0.5) is 5.82 Å². The van der Waals surface area contributed by atoms with Crippen LogP contribution in [0.1, 0.15) is 50.3 Å². The van der Waals surface area contributed by atoms with Gasteiger partial charge in [0.15, 0.2) is 0 Å². The molecule has 2 rings (SSSR count). The minimum absolute atomic E-state index is 0.601. The number of nitrogens with zero attached hydrogens (tertiary/aromatic N) is 3. The SMILES string of the molecule is CCN(c1cc(C#N)cc(C)n1)C1CCCCC1. The lowest BCUT2D eigenvalue weighted by Crippen LogP contribution is -2.37. The maximum atomic E-state index is 9.06. The molecule has 1 aromatic rings. The lowest BCUT2D eigenvalue weighted by molar-refractivity contribution is 0.416. The molecule has 0 saturated heterocycles. The summed E-state index contributed by atoms with van der Waals surface area (Å²) in [6.45, 7) is 5.09. The van der Waals surface area contributed by atoms with E-state index in [9.17, 15) is 0 Å². The minimum Gasteiger partial charge on any atom is -0.354 e. The Balaban J connectivity index is 2.26. The third-order valence-corrected chi connectivity index (χ3v) is 3.72. The molecule has 96 valence electrons. The number of hydrogen-bond acceptors (Lipinski definition) is 3. The van der Waals surface area contributed by atoms with E-state index in [1.165, 1.54) is 32.1 Å². The number of aryl methyl sites for hydroxylation is 1. The Hall–Kier alpha value is -1.56. The zero-order valence-electron chi connectivity index (χ0n) is 11.3. The zero-order chi connectivity index (χ0) is 13.0. The van der Waals surface area contributed by atoms with Crippen LogP contribution in [-0.4, -0.2) is 17.6 Å². The first kappa shape index (κ1) is 12.9. The lowest BCUT2D eigenvalue weighted by Gasteiger charge is -2.34. The van der Waals surface area contributed by atoms with Gasteiger partial charge in [-0.2, -0.15) is 5.26 Å². The van der Waals surface area contributed by atoms with Crippen molar-refractivity contribution in [1.29, 1.82) is 5.26 Å². The molecular formula is C15H21N3. The number of aromatic nitrogens is 1. The molecule has 1 fully saturated rings. The predicted molar refractivity (Wildman–Crippen MR) is 73.6 cm³/mol. The zero-order valence-corrected chi connectivity index (χ0v) is 11.3. The second-order valence-electron chi connectivity index (χ2n) is 5.05. The van der Waals surface area contributed by atoms with Gasteiger partial charge < -0.3 is 4.90 Å². The van der Waals surface area contributed by atoms with Crippen molar-refractivity contribution >= 4 is 5.82 Å². The Morgan fingerprint density at radius 1 is 1.33 bits per heavy atom. The van der Waals surface area contributed by atoms with Gasteiger partial charge in [-0.3, -0.25) is 0 Å². The van der Waals surface area contributed by atoms with E-state index in [1.807, 2.05) is 19.1 Å². The normalized spacial score (nSPS) is 16.3. The molecule has 0 bridgehead atoms. The molecule has 3 nitrogen and oxygen atoms in total. The highest BCUT2D eigenvalue weighted by Crippen LogP contribution is 2.26. The first-order chi connectivity index (χ1) is 8.74. The van der Waals surface area contributed by atoms with Crippen LogP contribution >= 0.6 is 0 Å². The summed E-state index contributed by atoms with van der Waals surface area (Å²) in [5, 5.41) is 9.06. The minimum atomic E-state index is 0.601. The monoisotopic (exact) mass is 243 g/mol. The van der Waals surface area contributed by atoms with Crippen LogP contribution in [0.5, 0.6) is 0 Å². The van der Waals surface area contributed by atoms with E-state index < -0.39 is 0 Å². The van der Waals surface area contributed by atoms with Crippen molar-refractivity contribution < 1.29 is 0 Å². The molecule has 0 unspecified atom stereocenters. The lowest BCUT2D eigenvalue weighted by atomic mass is 9.94. The number of anilines is 1. The van der Waals surface area contributed by atoms with Gasteiger partial charge in [-0.1, -0.05) is 19.3 Å². The van der Waals surface area contributed by atoms with Crippen molar-refractivity contribution in [2.45, 2.75) is 52.0 Å². The average Bonchev–Trinajstić information content (AvgIpc) is 2.40. The van der Waals surface area contributed by atoms with Crippen molar-refractivity contribution in [1.82, 2.24) is 4.98 Å². The summed E-state index contributed by atoms with van der Waals surface area (Å²) >= 11 is 0. The fourth-order valence-electron chi connectivity index (χ4n) is 2.86. The molecule has 18 heavy (non-hydrogen) atoms.